The van der Waals surface area contributed by atoms with Gasteiger partial charge in [0.05, 0.1) is 4.90 Å². The highest BCUT2D eigenvalue weighted by Gasteiger charge is 2.27. The predicted octanol–water partition coefficient (Wildman–Crippen LogP) is 2.65. The van der Waals surface area contributed by atoms with Crippen molar-refractivity contribution in [2.45, 2.75) is 62.4 Å². The summed E-state index contributed by atoms with van der Waals surface area (Å²) in [7, 11) is -3.60. The molecule has 4 rings (SSSR count). The number of H-pyrrole nitrogens is 1. The monoisotopic (exact) mass is 441 g/mol. The number of rotatable bonds is 7. The Hall–Kier alpha value is -2.71. The van der Waals surface area contributed by atoms with Gasteiger partial charge in [0.1, 0.15) is 0 Å². The van der Waals surface area contributed by atoms with Crippen molar-refractivity contribution in [3.05, 3.63) is 69.6 Å². The van der Waals surface area contributed by atoms with E-state index < -0.39 is 10.0 Å². The summed E-state index contributed by atoms with van der Waals surface area (Å²) in [6.07, 6.45) is 5.16. The number of pyridine rings is 1. The van der Waals surface area contributed by atoms with Gasteiger partial charge >= 0.3 is 0 Å². The fourth-order valence-electron chi connectivity index (χ4n) is 3.86. The van der Waals surface area contributed by atoms with E-state index in [1.54, 1.807) is 38.1 Å². The van der Waals surface area contributed by atoms with E-state index in [1.165, 1.54) is 0 Å². The third-order valence-electron chi connectivity index (χ3n) is 5.51. The Kier molecular flexibility index (Phi) is 5.85. The van der Waals surface area contributed by atoms with E-state index in [0.717, 1.165) is 29.5 Å². The average molecular weight is 442 g/mol. The molecule has 31 heavy (non-hydrogen) atoms. The summed E-state index contributed by atoms with van der Waals surface area (Å²) in [6.45, 7) is 3.54. The van der Waals surface area contributed by atoms with Crippen LogP contribution in [-0.2, 0) is 14.8 Å². The number of aromatic nitrogens is 1. The Morgan fingerprint density at radius 3 is 2.32 bits per heavy atom. The molecule has 2 fully saturated rings. The Labute approximate surface area is 182 Å². The lowest BCUT2D eigenvalue weighted by atomic mass is 9.98. The molecule has 0 bridgehead atoms. The van der Waals surface area contributed by atoms with Crippen molar-refractivity contribution in [3.8, 4) is 0 Å². The van der Waals surface area contributed by atoms with Crippen LogP contribution < -0.4 is 15.6 Å². The first kappa shape index (κ1) is 21.5. The number of benzene rings is 1. The summed E-state index contributed by atoms with van der Waals surface area (Å²) in [5, 5.41) is 2.92. The zero-order chi connectivity index (χ0) is 22.2. The van der Waals surface area contributed by atoms with E-state index in [-0.39, 0.29) is 28.4 Å². The molecule has 0 radical (unpaired) electrons. The quantitative estimate of drug-likeness (QED) is 0.614. The maximum Gasteiger partial charge on any atom is 0.251 e. The maximum atomic E-state index is 12.6. The van der Waals surface area contributed by atoms with Crippen LogP contribution in [0.25, 0.3) is 5.57 Å². The number of hydrogen-bond donors (Lipinski definition) is 3. The smallest absolute Gasteiger partial charge is 0.251 e. The Balaban J connectivity index is 1.71. The van der Waals surface area contributed by atoms with Gasteiger partial charge in [0, 0.05) is 35.3 Å². The van der Waals surface area contributed by atoms with Gasteiger partial charge in [0.25, 0.3) is 5.56 Å². The lowest BCUT2D eigenvalue weighted by Gasteiger charge is -2.14. The van der Waals surface area contributed by atoms with E-state index in [4.69, 9.17) is 0 Å². The second-order valence-corrected chi connectivity index (χ2v) is 10.2. The summed E-state index contributed by atoms with van der Waals surface area (Å²) in [5.41, 5.74) is 2.87. The molecule has 3 N–H and O–H groups in total. The van der Waals surface area contributed by atoms with Crippen LogP contribution in [0.4, 0.5) is 0 Å². The molecule has 1 atom stereocenters. The highest BCUT2D eigenvalue weighted by Crippen LogP contribution is 2.38. The van der Waals surface area contributed by atoms with Gasteiger partial charge in [-0.3, -0.25) is 9.59 Å². The number of carbonyl (C=O) groups is 1. The van der Waals surface area contributed by atoms with Gasteiger partial charge in [0.15, 0.2) is 0 Å². The first-order valence-electron chi connectivity index (χ1n) is 10.6. The SMILES string of the molecule is CC(C)NS(=O)(=O)c1ccc(/C(=C\[C@H]2CCC(=O)N2)c2ccc(C3CC3)c(=O)[nH]2)cc1. The van der Waals surface area contributed by atoms with Crippen LogP contribution in [0.1, 0.15) is 62.3 Å². The molecule has 1 aromatic carbocycles. The van der Waals surface area contributed by atoms with Crippen molar-refractivity contribution in [2.75, 3.05) is 0 Å². The summed E-state index contributed by atoms with van der Waals surface area (Å²) in [5.74, 6) is 0.344. The van der Waals surface area contributed by atoms with Crippen LogP contribution in [0.5, 0.6) is 0 Å². The minimum Gasteiger partial charge on any atom is -0.350 e. The van der Waals surface area contributed by atoms with E-state index in [0.29, 0.717) is 24.5 Å². The van der Waals surface area contributed by atoms with Crippen molar-refractivity contribution < 1.29 is 13.2 Å². The highest BCUT2D eigenvalue weighted by atomic mass is 32.2. The molecule has 1 aliphatic carbocycles. The van der Waals surface area contributed by atoms with Crippen LogP contribution in [0, 0.1) is 0 Å². The molecule has 164 valence electrons. The van der Waals surface area contributed by atoms with Gasteiger partial charge in [0.2, 0.25) is 15.9 Å². The summed E-state index contributed by atoms with van der Waals surface area (Å²) in [6, 6.07) is 9.98. The number of aromatic amines is 1. The Bertz CT molecular complexity index is 1180. The van der Waals surface area contributed by atoms with Crippen molar-refractivity contribution >= 4 is 21.5 Å². The second kappa shape index (κ2) is 8.43. The van der Waals surface area contributed by atoms with Gasteiger partial charge in [-0.2, -0.15) is 0 Å². The normalized spacial score (nSPS) is 19.6. The zero-order valence-corrected chi connectivity index (χ0v) is 18.5. The molecule has 8 heteroatoms. The molecule has 1 saturated heterocycles. The van der Waals surface area contributed by atoms with E-state index in [2.05, 4.69) is 15.0 Å². The van der Waals surface area contributed by atoms with Gasteiger partial charge in [-0.15, -0.1) is 0 Å². The van der Waals surface area contributed by atoms with Crippen molar-refractivity contribution in [2.24, 2.45) is 0 Å². The fourth-order valence-corrected chi connectivity index (χ4v) is 5.11. The third-order valence-corrected chi connectivity index (χ3v) is 7.18. The molecule has 2 aromatic rings. The van der Waals surface area contributed by atoms with Crippen LogP contribution in [-0.4, -0.2) is 31.4 Å². The second-order valence-electron chi connectivity index (χ2n) is 8.52. The maximum absolute atomic E-state index is 12.6. The first-order valence-corrected chi connectivity index (χ1v) is 12.1. The number of sulfonamides is 1. The third kappa shape index (κ3) is 4.97. The van der Waals surface area contributed by atoms with E-state index in [1.807, 2.05) is 18.2 Å². The fraction of sp³-hybridized carbons (Fsp3) is 0.391. The lowest BCUT2D eigenvalue weighted by Crippen LogP contribution is -2.30. The molecule has 0 spiro atoms. The number of hydrogen-bond acceptors (Lipinski definition) is 4. The summed E-state index contributed by atoms with van der Waals surface area (Å²) in [4.78, 5) is 27.4. The van der Waals surface area contributed by atoms with E-state index in [9.17, 15) is 18.0 Å². The molecular weight excluding hydrogens is 414 g/mol. The van der Waals surface area contributed by atoms with E-state index >= 15 is 0 Å². The van der Waals surface area contributed by atoms with Crippen LogP contribution in [0.3, 0.4) is 0 Å². The van der Waals surface area contributed by atoms with Crippen molar-refractivity contribution in [3.63, 3.8) is 0 Å². The molecule has 1 aromatic heterocycles. The summed E-state index contributed by atoms with van der Waals surface area (Å²) >= 11 is 0. The minimum absolute atomic E-state index is 0.000578. The topological polar surface area (TPSA) is 108 Å². The molecule has 0 unspecified atom stereocenters. The average Bonchev–Trinajstić information content (AvgIpc) is 3.46. The predicted molar refractivity (Wildman–Crippen MR) is 119 cm³/mol. The number of carbonyl (C=O) groups excluding carboxylic acids is 1. The Morgan fingerprint density at radius 2 is 1.77 bits per heavy atom. The van der Waals surface area contributed by atoms with Crippen LogP contribution in [0.2, 0.25) is 0 Å². The molecule has 2 heterocycles. The zero-order valence-electron chi connectivity index (χ0n) is 17.6. The number of nitrogens with one attached hydrogen (secondary N) is 3. The van der Waals surface area contributed by atoms with Crippen molar-refractivity contribution in [1.82, 2.24) is 15.0 Å². The lowest BCUT2D eigenvalue weighted by molar-refractivity contribution is -0.119. The highest BCUT2D eigenvalue weighted by molar-refractivity contribution is 7.89. The minimum atomic E-state index is -3.60. The van der Waals surface area contributed by atoms with Crippen LogP contribution in [0.15, 0.2) is 52.2 Å². The standard InChI is InChI=1S/C23H27N3O4S/c1-14(2)26-31(29,30)18-8-5-16(6-9-18)20(13-17-7-12-22(27)24-17)21-11-10-19(15-3-4-15)23(28)25-21/h5-6,8-11,13-15,17,26H,3-4,7,12H2,1-2H3,(H,24,27)(H,25,28)/b20-13+/t17-/m1/s1. The van der Waals surface area contributed by atoms with Gasteiger partial charge < -0.3 is 10.3 Å². The Morgan fingerprint density at radius 1 is 1.06 bits per heavy atom. The van der Waals surface area contributed by atoms with Gasteiger partial charge in [-0.1, -0.05) is 24.3 Å². The molecule has 1 amide bonds. The largest absolute Gasteiger partial charge is 0.350 e. The molecule has 7 nitrogen and oxygen atoms in total. The molecular formula is C23H27N3O4S. The van der Waals surface area contributed by atoms with Crippen molar-refractivity contribution in [1.29, 1.82) is 0 Å². The van der Waals surface area contributed by atoms with Crippen LogP contribution >= 0.6 is 0 Å². The molecule has 2 aliphatic rings. The molecule has 1 saturated carbocycles. The molecule has 1 aliphatic heterocycles. The summed E-state index contributed by atoms with van der Waals surface area (Å²) < 4.78 is 27.5. The number of amides is 1. The first-order chi connectivity index (χ1) is 14.7. The van der Waals surface area contributed by atoms with Gasteiger partial charge in [-0.05, 0) is 62.8 Å². The van der Waals surface area contributed by atoms with Gasteiger partial charge in [-0.25, -0.2) is 13.1 Å².